The van der Waals surface area contributed by atoms with Gasteiger partial charge in [-0.25, -0.2) is 4.79 Å². The van der Waals surface area contributed by atoms with Crippen LogP contribution in [0.4, 0.5) is 4.79 Å². The van der Waals surface area contributed by atoms with Crippen molar-refractivity contribution in [1.82, 2.24) is 14.7 Å². The molecule has 0 unspecified atom stereocenters. The summed E-state index contributed by atoms with van der Waals surface area (Å²) in [6.45, 7) is 3.38. The highest BCUT2D eigenvalue weighted by Gasteiger charge is 2.57. The number of carbonyl (C=O) groups is 2. The molecule has 7 nitrogen and oxygen atoms in total. The Labute approximate surface area is 189 Å². The number of amides is 3. The number of urea groups is 1. The molecule has 1 spiro atoms. The Morgan fingerprint density at radius 3 is 2.28 bits per heavy atom. The van der Waals surface area contributed by atoms with Gasteiger partial charge in [-0.05, 0) is 42.5 Å². The molecule has 2 aromatic rings. The number of methoxy groups -OCH3 is 1. The van der Waals surface area contributed by atoms with Crippen LogP contribution in [0.3, 0.4) is 0 Å². The van der Waals surface area contributed by atoms with E-state index in [0.717, 1.165) is 37.2 Å². The summed E-state index contributed by atoms with van der Waals surface area (Å²) in [6, 6.07) is 17.1. The van der Waals surface area contributed by atoms with E-state index in [1.807, 2.05) is 35.2 Å². The SMILES string of the molecule is COCCN1C(=O)N(CCc2ccccc2)C2(CCN(Cc3ccc(O)cc3)CC2)C1=O. The number of likely N-dealkylation sites (tertiary alicyclic amines) is 1. The summed E-state index contributed by atoms with van der Waals surface area (Å²) in [5, 5.41) is 9.50. The zero-order valence-electron chi connectivity index (χ0n) is 18.6. The first-order chi connectivity index (χ1) is 15.5. The van der Waals surface area contributed by atoms with E-state index in [-0.39, 0.29) is 24.2 Å². The summed E-state index contributed by atoms with van der Waals surface area (Å²) in [7, 11) is 1.58. The van der Waals surface area contributed by atoms with Crippen molar-refractivity contribution >= 4 is 11.9 Å². The fourth-order valence-corrected chi connectivity index (χ4v) is 4.78. The number of ether oxygens (including phenoxy) is 1. The first kappa shape index (κ1) is 22.3. The highest BCUT2D eigenvalue weighted by molar-refractivity contribution is 6.07. The standard InChI is InChI=1S/C25H31N3O4/c1-32-18-17-27-23(30)25(28(24(27)31)14-11-20-5-3-2-4-6-20)12-15-26(16-13-25)19-21-7-9-22(29)10-8-21/h2-10,29H,11-19H2,1H3. The smallest absolute Gasteiger partial charge is 0.327 e. The van der Waals surface area contributed by atoms with Gasteiger partial charge in [-0.3, -0.25) is 14.6 Å². The molecule has 0 saturated carbocycles. The van der Waals surface area contributed by atoms with Crippen LogP contribution in [0.1, 0.15) is 24.0 Å². The molecule has 0 atom stereocenters. The molecule has 2 saturated heterocycles. The van der Waals surface area contributed by atoms with Crippen molar-refractivity contribution in [2.45, 2.75) is 31.3 Å². The number of carbonyl (C=O) groups excluding carboxylic acids is 2. The van der Waals surface area contributed by atoms with Crippen LogP contribution < -0.4 is 0 Å². The number of phenols is 1. The quantitative estimate of drug-likeness (QED) is 0.643. The summed E-state index contributed by atoms with van der Waals surface area (Å²) in [5.74, 6) is 0.170. The molecule has 1 N–H and O–H groups in total. The molecule has 4 rings (SSSR count). The van der Waals surface area contributed by atoms with Crippen LogP contribution in [0.25, 0.3) is 0 Å². The molecule has 0 aliphatic carbocycles. The average Bonchev–Trinajstić information content (AvgIpc) is 3.00. The van der Waals surface area contributed by atoms with Crippen molar-refractivity contribution in [3.05, 3.63) is 65.7 Å². The second-order valence-corrected chi connectivity index (χ2v) is 8.59. The van der Waals surface area contributed by atoms with Crippen LogP contribution in [0.2, 0.25) is 0 Å². The molecule has 0 bridgehead atoms. The third-order valence-corrected chi connectivity index (χ3v) is 6.63. The zero-order chi connectivity index (χ0) is 22.6. The molecule has 7 heteroatoms. The molecule has 0 aromatic heterocycles. The van der Waals surface area contributed by atoms with Crippen LogP contribution in [0.5, 0.6) is 5.75 Å². The molecule has 32 heavy (non-hydrogen) atoms. The molecule has 0 radical (unpaired) electrons. The van der Waals surface area contributed by atoms with Gasteiger partial charge in [0, 0.05) is 33.3 Å². The second kappa shape index (κ2) is 9.71. The Bertz CT molecular complexity index is 924. The van der Waals surface area contributed by atoms with E-state index in [0.29, 0.717) is 26.0 Å². The van der Waals surface area contributed by atoms with Crippen LogP contribution in [-0.2, 0) is 22.5 Å². The van der Waals surface area contributed by atoms with Crippen LogP contribution in [0.15, 0.2) is 54.6 Å². The number of imide groups is 1. The summed E-state index contributed by atoms with van der Waals surface area (Å²) in [4.78, 5) is 32.2. The van der Waals surface area contributed by atoms with Gasteiger partial charge in [-0.1, -0.05) is 42.5 Å². The maximum Gasteiger partial charge on any atom is 0.327 e. The van der Waals surface area contributed by atoms with Gasteiger partial charge >= 0.3 is 6.03 Å². The van der Waals surface area contributed by atoms with Crippen molar-refractivity contribution in [3.63, 3.8) is 0 Å². The van der Waals surface area contributed by atoms with E-state index >= 15 is 0 Å². The molecular formula is C25H31N3O4. The molecule has 2 aliphatic rings. The third-order valence-electron chi connectivity index (χ3n) is 6.63. The number of aromatic hydroxyl groups is 1. The lowest BCUT2D eigenvalue weighted by molar-refractivity contribution is -0.136. The Morgan fingerprint density at radius 2 is 1.62 bits per heavy atom. The van der Waals surface area contributed by atoms with E-state index in [1.165, 1.54) is 4.90 Å². The van der Waals surface area contributed by atoms with Crippen molar-refractivity contribution in [1.29, 1.82) is 0 Å². The van der Waals surface area contributed by atoms with Crippen LogP contribution >= 0.6 is 0 Å². The largest absolute Gasteiger partial charge is 0.508 e. The fraction of sp³-hybridized carbons (Fsp3) is 0.440. The highest BCUT2D eigenvalue weighted by atomic mass is 16.5. The average molecular weight is 438 g/mol. The van der Waals surface area contributed by atoms with Crippen molar-refractivity contribution in [3.8, 4) is 5.75 Å². The van der Waals surface area contributed by atoms with Gasteiger partial charge in [-0.15, -0.1) is 0 Å². The maximum atomic E-state index is 13.5. The first-order valence-electron chi connectivity index (χ1n) is 11.2. The lowest BCUT2D eigenvalue weighted by Crippen LogP contribution is -2.56. The summed E-state index contributed by atoms with van der Waals surface area (Å²) < 4.78 is 5.14. The minimum Gasteiger partial charge on any atom is -0.508 e. The number of benzene rings is 2. The van der Waals surface area contributed by atoms with E-state index in [9.17, 15) is 14.7 Å². The van der Waals surface area contributed by atoms with Crippen molar-refractivity contribution in [2.75, 3.05) is 39.9 Å². The maximum absolute atomic E-state index is 13.5. The van der Waals surface area contributed by atoms with Crippen LogP contribution in [0, 0.1) is 0 Å². The molecule has 2 heterocycles. The van der Waals surface area contributed by atoms with Gasteiger partial charge in [-0.2, -0.15) is 0 Å². The first-order valence-corrected chi connectivity index (χ1v) is 11.2. The van der Waals surface area contributed by atoms with E-state index < -0.39 is 5.54 Å². The van der Waals surface area contributed by atoms with Gasteiger partial charge in [0.05, 0.1) is 13.2 Å². The Kier molecular flexibility index (Phi) is 6.77. The second-order valence-electron chi connectivity index (χ2n) is 8.59. The Morgan fingerprint density at radius 1 is 0.938 bits per heavy atom. The van der Waals surface area contributed by atoms with Gasteiger partial charge in [0.2, 0.25) is 0 Å². The number of hydrogen-bond donors (Lipinski definition) is 1. The molecular weight excluding hydrogens is 406 g/mol. The number of hydrogen-bond acceptors (Lipinski definition) is 5. The predicted octanol–water partition coefficient (Wildman–Crippen LogP) is 2.88. The Hall–Kier alpha value is -2.90. The lowest BCUT2D eigenvalue weighted by atomic mass is 9.85. The van der Waals surface area contributed by atoms with Crippen molar-refractivity contribution in [2.24, 2.45) is 0 Å². The predicted molar refractivity (Wildman–Crippen MR) is 121 cm³/mol. The van der Waals surface area contributed by atoms with E-state index in [1.54, 1.807) is 19.2 Å². The number of phenolic OH excluding ortho intramolecular Hbond substituents is 1. The third kappa shape index (κ3) is 4.49. The zero-order valence-corrected chi connectivity index (χ0v) is 18.6. The van der Waals surface area contributed by atoms with Gasteiger partial charge < -0.3 is 14.7 Å². The summed E-state index contributed by atoms with van der Waals surface area (Å²) in [6.07, 6.45) is 1.96. The molecule has 170 valence electrons. The van der Waals surface area contributed by atoms with Gasteiger partial charge in [0.1, 0.15) is 11.3 Å². The highest BCUT2D eigenvalue weighted by Crippen LogP contribution is 2.37. The molecule has 3 amide bonds. The number of piperidine rings is 1. The van der Waals surface area contributed by atoms with Crippen LogP contribution in [-0.4, -0.2) is 77.2 Å². The van der Waals surface area contributed by atoms with E-state index in [2.05, 4.69) is 17.0 Å². The lowest BCUT2D eigenvalue weighted by Gasteiger charge is -2.42. The van der Waals surface area contributed by atoms with Crippen molar-refractivity contribution < 1.29 is 19.4 Å². The summed E-state index contributed by atoms with van der Waals surface area (Å²) in [5.41, 5.74) is 1.50. The fourth-order valence-electron chi connectivity index (χ4n) is 4.78. The summed E-state index contributed by atoms with van der Waals surface area (Å²) >= 11 is 0. The monoisotopic (exact) mass is 437 g/mol. The Balaban J connectivity index is 1.48. The van der Waals surface area contributed by atoms with Gasteiger partial charge in [0.25, 0.3) is 5.91 Å². The van der Waals surface area contributed by atoms with Gasteiger partial charge in [0.15, 0.2) is 0 Å². The topological polar surface area (TPSA) is 73.3 Å². The number of nitrogens with zero attached hydrogens (tertiary/aromatic N) is 3. The minimum absolute atomic E-state index is 0.0862. The normalized spacial score (nSPS) is 18.7. The molecule has 2 aromatic carbocycles. The molecule has 2 fully saturated rings. The minimum atomic E-state index is -0.773. The van der Waals surface area contributed by atoms with E-state index in [4.69, 9.17) is 4.74 Å². The number of rotatable bonds is 8. The molecule has 2 aliphatic heterocycles.